The Morgan fingerprint density at radius 2 is 2.18 bits per heavy atom. The van der Waals surface area contributed by atoms with E-state index in [1.54, 1.807) is 18.2 Å². The molecule has 1 aromatic heterocycles. The quantitative estimate of drug-likeness (QED) is 0.775. The van der Waals surface area contributed by atoms with E-state index in [0.29, 0.717) is 15.0 Å². The fourth-order valence-corrected chi connectivity index (χ4v) is 2.59. The lowest BCUT2D eigenvalue weighted by Gasteiger charge is -2.04. The van der Waals surface area contributed by atoms with Gasteiger partial charge in [0, 0.05) is 4.47 Å². The number of thiophene rings is 1. The molecule has 0 aliphatic heterocycles. The number of hydrogen-bond acceptors (Lipinski definition) is 3. The lowest BCUT2D eigenvalue weighted by atomic mass is 10.3. The number of ether oxygens (including phenoxy) is 1. The van der Waals surface area contributed by atoms with Crippen molar-refractivity contribution in [2.75, 3.05) is 6.61 Å². The van der Waals surface area contributed by atoms with Gasteiger partial charge in [-0.25, -0.2) is 0 Å². The van der Waals surface area contributed by atoms with Gasteiger partial charge in [0.15, 0.2) is 6.61 Å². The van der Waals surface area contributed by atoms with Gasteiger partial charge in [0.25, 0.3) is 0 Å². The Hall–Kier alpha value is -0.840. The molecule has 0 spiro atoms. The van der Waals surface area contributed by atoms with Crippen LogP contribution in [0.2, 0.25) is 4.34 Å². The summed E-state index contributed by atoms with van der Waals surface area (Å²) in [5, 5.41) is 0. The Labute approximate surface area is 116 Å². The van der Waals surface area contributed by atoms with Crippen molar-refractivity contribution < 1.29 is 9.53 Å². The molecule has 0 bridgehead atoms. The van der Waals surface area contributed by atoms with Crippen molar-refractivity contribution in [3.63, 3.8) is 0 Å². The summed E-state index contributed by atoms with van der Waals surface area (Å²) in [6, 6.07) is 10.8. The molecule has 88 valence electrons. The molecule has 0 amide bonds. The summed E-state index contributed by atoms with van der Waals surface area (Å²) in [7, 11) is 0. The second kappa shape index (κ2) is 5.67. The molecule has 1 aromatic carbocycles. The Morgan fingerprint density at radius 1 is 1.35 bits per heavy atom. The molecule has 2 nitrogen and oxygen atoms in total. The summed E-state index contributed by atoms with van der Waals surface area (Å²) in [5.41, 5.74) is 0. The van der Waals surface area contributed by atoms with Gasteiger partial charge in [-0.3, -0.25) is 4.79 Å². The fraction of sp³-hybridized carbons (Fsp3) is 0.0833. The van der Waals surface area contributed by atoms with Gasteiger partial charge in [-0.1, -0.05) is 33.6 Å². The average Bonchev–Trinajstić information content (AvgIpc) is 2.73. The topological polar surface area (TPSA) is 26.3 Å². The number of benzene rings is 1. The van der Waals surface area contributed by atoms with E-state index in [0.717, 1.165) is 4.47 Å². The van der Waals surface area contributed by atoms with Gasteiger partial charge < -0.3 is 4.74 Å². The van der Waals surface area contributed by atoms with Crippen molar-refractivity contribution in [2.24, 2.45) is 0 Å². The molecule has 2 aromatic rings. The van der Waals surface area contributed by atoms with E-state index in [9.17, 15) is 4.79 Å². The van der Waals surface area contributed by atoms with Crippen molar-refractivity contribution in [1.82, 2.24) is 0 Å². The van der Waals surface area contributed by atoms with Crippen LogP contribution in [-0.2, 0) is 0 Å². The van der Waals surface area contributed by atoms with Crippen LogP contribution in [0.3, 0.4) is 0 Å². The third-order valence-corrected chi connectivity index (χ3v) is 3.78. The van der Waals surface area contributed by atoms with Crippen molar-refractivity contribution >= 4 is 44.7 Å². The summed E-state index contributed by atoms with van der Waals surface area (Å²) in [5.74, 6) is 0.595. The number of Topliss-reactive ketones (excluding diaryl/α,β-unsaturated/α-hetero) is 1. The lowest BCUT2D eigenvalue weighted by Crippen LogP contribution is -2.09. The predicted molar refractivity (Wildman–Crippen MR) is 73.3 cm³/mol. The van der Waals surface area contributed by atoms with Gasteiger partial charge in [-0.05, 0) is 30.3 Å². The number of ketones is 1. The van der Waals surface area contributed by atoms with Crippen LogP contribution >= 0.6 is 38.9 Å². The molecule has 0 atom stereocenters. The highest BCUT2D eigenvalue weighted by Gasteiger charge is 2.09. The van der Waals surface area contributed by atoms with E-state index in [1.807, 2.05) is 18.2 Å². The lowest BCUT2D eigenvalue weighted by molar-refractivity contribution is 0.0925. The van der Waals surface area contributed by atoms with Gasteiger partial charge in [0.1, 0.15) is 5.75 Å². The number of hydrogen-bond donors (Lipinski definition) is 0. The predicted octanol–water partition coefficient (Wildman–Crippen LogP) is 4.43. The van der Waals surface area contributed by atoms with Crippen LogP contribution in [0, 0.1) is 0 Å². The second-order valence-corrected chi connectivity index (χ2v) is 5.90. The molecule has 5 heteroatoms. The minimum Gasteiger partial charge on any atom is -0.485 e. The Kier molecular flexibility index (Phi) is 4.20. The third-order valence-electron chi connectivity index (χ3n) is 2.01. The first-order valence-electron chi connectivity index (χ1n) is 4.82. The zero-order valence-corrected chi connectivity index (χ0v) is 11.8. The van der Waals surface area contributed by atoms with E-state index in [-0.39, 0.29) is 12.4 Å². The maximum absolute atomic E-state index is 11.7. The van der Waals surface area contributed by atoms with E-state index in [4.69, 9.17) is 16.3 Å². The van der Waals surface area contributed by atoms with Gasteiger partial charge in [-0.2, -0.15) is 0 Å². The monoisotopic (exact) mass is 330 g/mol. The summed E-state index contributed by atoms with van der Waals surface area (Å²) in [4.78, 5) is 12.3. The molecular formula is C12H8BrClO2S. The zero-order valence-electron chi connectivity index (χ0n) is 8.65. The van der Waals surface area contributed by atoms with Gasteiger partial charge in [0.05, 0.1) is 9.21 Å². The van der Waals surface area contributed by atoms with E-state index < -0.39 is 0 Å². The highest BCUT2D eigenvalue weighted by molar-refractivity contribution is 9.10. The highest BCUT2D eigenvalue weighted by atomic mass is 79.9. The molecule has 0 aliphatic rings. The van der Waals surface area contributed by atoms with E-state index in [2.05, 4.69) is 15.9 Å². The van der Waals surface area contributed by atoms with Crippen molar-refractivity contribution in [3.8, 4) is 5.75 Å². The highest BCUT2D eigenvalue weighted by Crippen LogP contribution is 2.22. The molecule has 0 N–H and O–H groups in total. The van der Waals surface area contributed by atoms with Gasteiger partial charge in [-0.15, -0.1) is 11.3 Å². The average molecular weight is 332 g/mol. The largest absolute Gasteiger partial charge is 0.485 e. The summed E-state index contributed by atoms with van der Waals surface area (Å²) in [6.45, 7) is 0.0211. The van der Waals surface area contributed by atoms with Crippen LogP contribution in [0.25, 0.3) is 0 Å². The first-order valence-corrected chi connectivity index (χ1v) is 6.81. The molecule has 0 radical (unpaired) electrons. The first-order chi connectivity index (χ1) is 8.15. The van der Waals surface area contributed by atoms with Crippen LogP contribution in [-0.4, -0.2) is 12.4 Å². The molecular weight excluding hydrogens is 324 g/mol. The van der Waals surface area contributed by atoms with Crippen molar-refractivity contribution in [2.45, 2.75) is 0 Å². The number of carbonyl (C=O) groups excluding carboxylic acids is 1. The Balaban J connectivity index is 1.97. The zero-order chi connectivity index (χ0) is 12.3. The van der Waals surface area contributed by atoms with Crippen molar-refractivity contribution in [3.05, 3.63) is 50.1 Å². The second-order valence-electron chi connectivity index (χ2n) is 3.27. The molecule has 0 saturated heterocycles. The van der Waals surface area contributed by atoms with Crippen LogP contribution in [0.1, 0.15) is 9.67 Å². The van der Waals surface area contributed by atoms with Gasteiger partial charge in [0.2, 0.25) is 5.78 Å². The molecule has 0 unspecified atom stereocenters. The van der Waals surface area contributed by atoms with Crippen LogP contribution < -0.4 is 4.74 Å². The molecule has 0 aliphatic carbocycles. The molecule has 0 fully saturated rings. The number of halogens is 2. The SMILES string of the molecule is O=C(COc1cccc(Br)c1)c1ccc(Cl)s1. The van der Waals surface area contributed by atoms with E-state index in [1.165, 1.54) is 11.3 Å². The Morgan fingerprint density at radius 3 is 2.82 bits per heavy atom. The van der Waals surface area contributed by atoms with Gasteiger partial charge >= 0.3 is 0 Å². The first kappa shape index (κ1) is 12.6. The molecule has 17 heavy (non-hydrogen) atoms. The minimum atomic E-state index is -0.0677. The van der Waals surface area contributed by atoms with Crippen LogP contribution in [0.15, 0.2) is 40.9 Å². The number of rotatable bonds is 4. The smallest absolute Gasteiger partial charge is 0.210 e. The maximum Gasteiger partial charge on any atom is 0.210 e. The summed E-state index contributed by atoms with van der Waals surface area (Å²) >= 11 is 10.4. The summed E-state index contributed by atoms with van der Waals surface area (Å²) in [6.07, 6.45) is 0. The third kappa shape index (κ3) is 3.56. The summed E-state index contributed by atoms with van der Waals surface area (Å²) < 4.78 is 6.92. The maximum atomic E-state index is 11.7. The molecule has 2 rings (SSSR count). The molecule has 0 saturated carbocycles. The van der Waals surface area contributed by atoms with E-state index >= 15 is 0 Å². The van der Waals surface area contributed by atoms with Crippen molar-refractivity contribution in [1.29, 1.82) is 0 Å². The fourth-order valence-electron chi connectivity index (χ4n) is 1.24. The molecule has 1 heterocycles. The standard InChI is InChI=1S/C12H8BrClO2S/c13-8-2-1-3-9(6-8)16-7-10(15)11-4-5-12(14)17-11/h1-6H,7H2. The normalized spacial score (nSPS) is 10.2. The van der Waals surface area contributed by atoms with Crippen LogP contribution in [0.5, 0.6) is 5.75 Å². The Bertz CT molecular complexity index is 539. The van der Waals surface area contributed by atoms with Crippen LogP contribution in [0.4, 0.5) is 0 Å². The minimum absolute atomic E-state index is 0.0211. The number of carbonyl (C=O) groups is 1.